The van der Waals surface area contributed by atoms with Gasteiger partial charge in [0.1, 0.15) is 5.84 Å². The second kappa shape index (κ2) is 3.74. The molecule has 1 amide bonds. The van der Waals surface area contributed by atoms with E-state index in [0.717, 1.165) is 18.8 Å². The average molecular weight is 214 g/mol. The van der Waals surface area contributed by atoms with Crippen molar-refractivity contribution in [2.45, 2.75) is 18.8 Å². The number of benzene rings is 1. The summed E-state index contributed by atoms with van der Waals surface area (Å²) in [5.41, 5.74) is 1.31. The third-order valence-corrected chi connectivity index (χ3v) is 3.34. The molecule has 3 rings (SSSR count). The van der Waals surface area contributed by atoms with Crippen LogP contribution in [0, 0.1) is 0 Å². The third kappa shape index (κ3) is 1.52. The lowest BCUT2D eigenvalue weighted by Crippen LogP contribution is -2.35. The van der Waals surface area contributed by atoms with Crippen LogP contribution in [0.5, 0.6) is 0 Å². The van der Waals surface area contributed by atoms with Gasteiger partial charge < -0.3 is 0 Å². The van der Waals surface area contributed by atoms with Crippen molar-refractivity contribution in [2.24, 2.45) is 4.99 Å². The van der Waals surface area contributed by atoms with Crippen molar-refractivity contribution < 1.29 is 4.79 Å². The van der Waals surface area contributed by atoms with Gasteiger partial charge >= 0.3 is 0 Å². The molecule has 0 N–H and O–H groups in total. The number of nitrogens with zero attached hydrogens (tertiary/aromatic N) is 2. The zero-order chi connectivity index (χ0) is 11.0. The summed E-state index contributed by atoms with van der Waals surface area (Å²) in [6, 6.07) is 10.4. The van der Waals surface area contributed by atoms with Gasteiger partial charge in [0, 0.05) is 31.8 Å². The molecule has 16 heavy (non-hydrogen) atoms. The fourth-order valence-electron chi connectivity index (χ4n) is 2.48. The Labute approximate surface area is 94.8 Å². The number of rotatable bonds is 1. The minimum absolute atomic E-state index is 0.239. The Balaban J connectivity index is 1.86. The Morgan fingerprint density at radius 1 is 1.25 bits per heavy atom. The smallest absolute Gasteiger partial charge is 0.229 e. The summed E-state index contributed by atoms with van der Waals surface area (Å²) in [6.45, 7) is 1.48. The van der Waals surface area contributed by atoms with Crippen molar-refractivity contribution in [1.29, 1.82) is 0 Å². The summed E-state index contributed by atoms with van der Waals surface area (Å²) >= 11 is 0. The van der Waals surface area contributed by atoms with E-state index in [9.17, 15) is 4.79 Å². The maximum atomic E-state index is 11.7. The van der Waals surface area contributed by atoms with Crippen LogP contribution in [0.3, 0.4) is 0 Å². The van der Waals surface area contributed by atoms with Gasteiger partial charge in [-0.25, -0.2) is 0 Å². The number of carbonyl (C=O) groups excluding carboxylic acids is 1. The molecule has 0 aliphatic carbocycles. The van der Waals surface area contributed by atoms with Crippen molar-refractivity contribution in [3.8, 4) is 0 Å². The predicted molar refractivity (Wildman–Crippen MR) is 62.4 cm³/mol. The van der Waals surface area contributed by atoms with Crippen molar-refractivity contribution in [3.63, 3.8) is 0 Å². The molecule has 1 atom stereocenters. The molecule has 3 nitrogen and oxygen atoms in total. The van der Waals surface area contributed by atoms with Gasteiger partial charge in [-0.3, -0.25) is 14.7 Å². The standard InChI is InChI=1S/C13H14N2O/c16-13-6-7-14-12-8-11(9-15(12)13)10-4-2-1-3-5-10/h1-5,11H,6-9H2. The molecule has 2 aliphatic heterocycles. The summed E-state index contributed by atoms with van der Waals surface area (Å²) in [7, 11) is 0. The molecule has 1 aromatic rings. The number of amidine groups is 1. The SMILES string of the molecule is O=C1CCN=C2CC(c3ccccc3)CN12. The van der Waals surface area contributed by atoms with Crippen LogP contribution in [0.4, 0.5) is 0 Å². The van der Waals surface area contributed by atoms with E-state index < -0.39 is 0 Å². The number of fused-ring (bicyclic) bond motifs is 1. The highest BCUT2D eigenvalue weighted by molar-refractivity contribution is 6.02. The monoisotopic (exact) mass is 214 g/mol. The molecule has 0 saturated carbocycles. The van der Waals surface area contributed by atoms with Crippen LogP contribution in [-0.4, -0.2) is 29.7 Å². The Kier molecular flexibility index (Phi) is 2.24. The van der Waals surface area contributed by atoms with Crippen molar-refractivity contribution >= 4 is 11.7 Å². The zero-order valence-electron chi connectivity index (χ0n) is 9.10. The van der Waals surface area contributed by atoms with Gasteiger partial charge in [-0.2, -0.15) is 0 Å². The van der Waals surface area contributed by atoms with Crippen LogP contribution in [-0.2, 0) is 4.79 Å². The molecule has 0 radical (unpaired) electrons. The van der Waals surface area contributed by atoms with Gasteiger partial charge in [0.25, 0.3) is 0 Å². The first-order valence-electron chi connectivity index (χ1n) is 5.73. The molecule has 3 heteroatoms. The van der Waals surface area contributed by atoms with Crippen LogP contribution in [0.2, 0.25) is 0 Å². The fraction of sp³-hybridized carbons (Fsp3) is 0.385. The molecule has 2 heterocycles. The first kappa shape index (κ1) is 9.58. The fourth-order valence-corrected chi connectivity index (χ4v) is 2.48. The predicted octanol–water partition coefficient (Wildman–Crippen LogP) is 1.80. The highest BCUT2D eigenvalue weighted by Crippen LogP contribution is 2.30. The minimum atomic E-state index is 0.239. The van der Waals surface area contributed by atoms with E-state index in [1.54, 1.807) is 0 Å². The normalized spacial score (nSPS) is 24.2. The highest BCUT2D eigenvalue weighted by atomic mass is 16.2. The van der Waals surface area contributed by atoms with E-state index in [1.807, 2.05) is 11.0 Å². The largest absolute Gasteiger partial charge is 0.300 e. The number of hydrogen-bond acceptors (Lipinski definition) is 2. The van der Waals surface area contributed by atoms with E-state index in [1.165, 1.54) is 5.56 Å². The lowest BCUT2D eigenvalue weighted by molar-refractivity contribution is -0.127. The molecule has 1 unspecified atom stereocenters. The quantitative estimate of drug-likeness (QED) is 0.701. The first-order chi connectivity index (χ1) is 7.84. The van der Waals surface area contributed by atoms with Crippen molar-refractivity contribution in [3.05, 3.63) is 35.9 Å². The molecular formula is C13H14N2O. The molecule has 1 saturated heterocycles. The number of aliphatic imine (C=N–C) groups is 1. The topological polar surface area (TPSA) is 32.7 Å². The van der Waals surface area contributed by atoms with Crippen LogP contribution >= 0.6 is 0 Å². The molecule has 0 aromatic heterocycles. The Morgan fingerprint density at radius 2 is 2.06 bits per heavy atom. The Hall–Kier alpha value is -1.64. The summed E-state index contributed by atoms with van der Waals surface area (Å²) in [5.74, 6) is 1.66. The Bertz CT molecular complexity index is 439. The van der Waals surface area contributed by atoms with E-state index in [4.69, 9.17) is 0 Å². The third-order valence-electron chi connectivity index (χ3n) is 3.34. The Morgan fingerprint density at radius 3 is 2.81 bits per heavy atom. The van der Waals surface area contributed by atoms with Crippen LogP contribution in [0.15, 0.2) is 35.3 Å². The highest BCUT2D eigenvalue weighted by Gasteiger charge is 2.34. The van der Waals surface area contributed by atoms with Gasteiger partial charge in [-0.15, -0.1) is 0 Å². The zero-order valence-corrected chi connectivity index (χ0v) is 9.10. The van der Waals surface area contributed by atoms with E-state index in [2.05, 4.69) is 29.3 Å². The minimum Gasteiger partial charge on any atom is -0.300 e. The molecule has 0 spiro atoms. The maximum absolute atomic E-state index is 11.7. The van der Waals surface area contributed by atoms with Crippen molar-refractivity contribution in [2.75, 3.05) is 13.1 Å². The second-order valence-electron chi connectivity index (χ2n) is 4.36. The van der Waals surface area contributed by atoms with E-state index in [-0.39, 0.29) is 5.91 Å². The number of amides is 1. The van der Waals surface area contributed by atoms with Gasteiger partial charge in [-0.1, -0.05) is 30.3 Å². The van der Waals surface area contributed by atoms with Gasteiger partial charge in [0.2, 0.25) is 5.91 Å². The molecule has 1 fully saturated rings. The summed E-state index contributed by atoms with van der Waals surface area (Å²) < 4.78 is 0. The molecule has 2 aliphatic rings. The van der Waals surface area contributed by atoms with Crippen LogP contribution in [0.25, 0.3) is 0 Å². The van der Waals surface area contributed by atoms with Gasteiger partial charge in [0.05, 0.1) is 0 Å². The van der Waals surface area contributed by atoms with E-state index >= 15 is 0 Å². The first-order valence-corrected chi connectivity index (χ1v) is 5.73. The van der Waals surface area contributed by atoms with Crippen molar-refractivity contribution in [1.82, 2.24) is 4.90 Å². The lowest BCUT2D eigenvalue weighted by atomic mass is 9.98. The van der Waals surface area contributed by atoms with Crippen LogP contribution in [0.1, 0.15) is 24.3 Å². The molecule has 1 aromatic carbocycles. The number of hydrogen-bond donors (Lipinski definition) is 0. The summed E-state index contributed by atoms with van der Waals surface area (Å²) in [4.78, 5) is 18.0. The van der Waals surface area contributed by atoms with Gasteiger partial charge in [0.15, 0.2) is 0 Å². The molecular weight excluding hydrogens is 200 g/mol. The average Bonchev–Trinajstić information content (AvgIpc) is 2.76. The molecule has 0 bridgehead atoms. The van der Waals surface area contributed by atoms with Gasteiger partial charge in [-0.05, 0) is 5.56 Å². The number of carbonyl (C=O) groups is 1. The van der Waals surface area contributed by atoms with E-state index in [0.29, 0.717) is 18.9 Å². The second-order valence-corrected chi connectivity index (χ2v) is 4.36. The molecule has 82 valence electrons. The summed E-state index contributed by atoms with van der Waals surface area (Å²) in [6.07, 6.45) is 1.49. The lowest BCUT2D eigenvalue weighted by Gasteiger charge is -2.20. The van der Waals surface area contributed by atoms with Crippen LogP contribution < -0.4 is 0 Å². The maximum Gasteiger partial charge on any atom is 0.229 e. The summed E-state index contributed by atoms with van der Waals surface area (Å²) in [5, 5.41) is 0.